The molecule has 0 aliphatic carbocycles. The van der Waals surface area contributed by atoms with Gasteiger partial charge in [0.1, 0.15) is 10.7 Å². The summed E-state index contributed by atoms with van der Waals surface area (Å²) in [6, 6.07) is 9.75. The number of carbonyl (C=O) groups excluding carboxylic acids is 1. The van der Waals surface area contributed by atoms with Gasteiger partial charge in [-0.2, -0.15) is 4.37 Å². The normalized spacial score (nSPS) is 13.8. The van der Waals surface area contributed by atoms with Crippen LogP contribution in [0.5, 0.6) is 0 Å². The van der Waals surface area contributed by atoms with Crippen molar-refractivity contribution in [2.75, 3.05) is 5.73 Å². The Hall–Kier alpha value is -1.88. The summed E-state index contributed by atoms with van der Waals surface area (Å²) >= 11 is 1.16. The van der Waals surface area contributed by atoms with E-state index < -0.39 is 0 Å². The van der Waals surface area contributed by atoms with Crippen molar-refractivity contribution in [3.05, 3.63) is 46.3 Å². The first-order valence-electron chi connectivity index (χ1n) is 5.32. The summed E-state index contributed by atoms with van der Waals surface area (Å²) in [6.45, 7) is 1.35. The molecule has 17 heavy (non-hydrogen) atoms. The fraction of sp³-hybridized carbons (Fsp3) is 0.167. The van der Waals surface area contributed by atoms with Crippen LogP contribution in [0.1, 0.15) is 20.8 Å². The van der Waals surface area contributed by atoms with Gasteiger partial charge < -0.3 is 10.6 Å². The van der Waals surface area contributed by atoms with Gasteiger partial charge in [0, 0.05) is 19.2 Å². The number of anilines is 1. The maximum absolute atomic E-state index is 12.2. The lowest BCUT2D eigenvalue weighted by Gasteiger charge is -2.13. The predicted molar refractivity (Wildman–Crippen MR) is 66.5 cm³/mol. The van der Waals surface area contributed by atoms with Crippen molar-refractivity contribution in [1.29, 1.82) is 0 Å². The highest BCUT2D eigenvalue weighted by molar-refractivity contribution is 7.08. The van der Waals surface area contributed by atoms with Crippen LogP contribution in [0.3, 0.4) is 0 Å². The minimum Gasteiger partial charge on any atom is -0.383 e. The van der Waals surface area contributed by atoms with E-state index in [-0.39, 0.29) is 5.91 Å². The molecule has 0 saturated heterocycles. The second-order valence-electron chi connectivity index (χ2n) is 4.05. The Bertz CT molecular complexity index is 554. The lowest BCUT2D eigenvalue weighted by Crippen LogP contribution is -2.24. The van der Waals surface area contributed by atoms with Gasteiger partial charge in [-0.05, 0) is 22.7 Å². The first kappa shape index (κ1) is 10.3. The van der Waals surface area contributed by atoms with Gasteiger partial charge in [-0.25, -0.2) is 0 Å². The Morgan fingerprint density at radius 1 is 1.29 bits per heavy atom. The second kappa shape index (κ2) is 3.85. The summed E-state index contributed by atoms with van der Waals surface area (Å²) in [5.74, 6) is 0.422. The van der Waals surface area contributed by atoms with Crippen LogP contribution >= 0.6 is 11.5 Å². The molecule has 1 amide bonds. The SMILES string of the molecule is Nc1cc(C(=O)N2Cc3ccccc3C2)sn1. The molecular formula is C12H11N3OS. The van der Waals surface area contributed by atoms with Crippen LogP contribution in [0.25, 0.3) is 0 Å². The van der Waals surface area contributed by atoms with Gasteiger partial charge in [-0.3, -0.25) is 4.79 Å². The van der Waals surface area contributed by atoms with Crippen molar-refractivity contribution in [3.63, 3.8) is 0 Å². The first-order valence-corrected chi connectivity index (χ1v) is 6.09. The van der Waals surface area contributed by atoms with E-state index in [0.717, 1.165) is 11.5 Å². The molecule has 1 aliphatic heterocycles. The van der Waals surface area contributed by atoms with Crippen molar-refractivity contribution >= 4 is 23.3 Å². The third kappa shape index (κ3) is 1.78. The van der Waals surface area contributed by atoms with Gasteiger partial charge in [-0.1, -0.05) is 24.3 Å². The molecule has 2 aromatic rings. The highest BCUT2D eigenvalue weighted by Gasteiger charge is 2.24. The molecule has 3 rings (SSSR count). The Morgan fingerprint density at radius 2 is 1.94 bits per heavy atom. The Balaban J connectivity index is 1.83. The zero-order valence-electron chi connectivity index (χ0n) is 9.09. The number of hydrogen-bond acceptors (Lipinski definition) is 4. The molecule has 2 N–H and O–H groups in total. The minimum atomic E-state index is 0.00963. The third-order valence-corrected chi connectivity index (χ3v) is 3.66. The molecule has 86 valence electrons. The molecule has 4 nitrogen and oxygen atoms in total. The quantitative estimate of drug-likeness (QED) is 0.834. The number of nitrogens with two attached hydrogens (primary N) is 1. The zero-order chi connectivity index (χ0) is 11.8. The molecule has 0 atom stereocenters. The van der Waals surface area contributed by atoms with Gasteiger partial charge >= 0.3 is 0 Å². The molecule has 0 spiro atoms. The molecule has 5 heteroatoms. The van der Waals surface area contributed by atoms with Crippen LogP contribution in [0.15, 0.2) is 30.3 Å². The number of nitrogens with zero attached hydrogens (tertiary/aromatic N) is 2. The molecule has 0 bridgehead atoms. The summed E-state index contributed by atoms with van der Waals surface area (Å²) < 4.78 is 3.93. The molecule has 0 fully saturated rings. The third-order valence-electron chi connectivity index (χ3n) is 2.87. The van der Waals surface area contributed by atoms with Gasteiger partial charge in [0.05, 0.1) is 0 Å². The average molecular weight is 245 g/mol. The highest BCUT2D eigenvalue weighted by Crippen LogP contribution is 2.25. The highest BCUT2D eigenvalue weighted by atomic mass is 32.1. The van der Waals surface area contributed by atoms with E-state index >= 15 is 0 Å². The predicted octanol–water partition coefficient (Wildman–Crippen LogP) is 1.88. The molecule has 0 unspecified atom stereocenters. The summed E-state index contributed by atoms with van der Waals surface area (Å²) in [6.07, 6.45) is 0. The van der Waals surface area contributed by atoms with E-state index in [2.05, 4.69) is 16.5 Å². The Labute approximate surface area is 103 Å². The lowest BCUT2D eigenvalue weighted by molar-refractivity contribution is 0.0756. The van der Waals surface area contributed by atoms with Gasteiger partial charge in [0.25, 0.3) is 5.91 Å². The number of aromatic nitrogens is 1. The monoisotopic (exact) mass is 245 g/mol. The number of nitrogen functional groups attached to an aromatic ring is 1. The standard InChI is InChI=1S/C12H11N3OS/c13-11-5-10(17-14-11)12(16)15-6-8-3-1-2-4-9(8)7-15/h1-5H,6-7H2,(H2,13,14). The van der Waals surface area contributed by atoms with Crippen LogP contribution in [-0.4, -0.2) is 15.2 Å². The summed E-state index contributed by atoms with van der Waals surface area (Å²) in [5.41, 5.74) is 7.97. The van der Waals surface area contributed by atoms with E-state index in [4.69, 9.17) is 5.73 Å². The maximum Gasteiger partial charge on any atom is 0.266 e. The average Bonchev–Trinajstić information content (AvgIpc) is 2.93. The van der Waals surface area contributed by atoms with Gasteiger partial charge in [-0.15, -0.1) is 0 Å². The number of hydrogen-bond donors (Lipinski definition) is 1. The Morgan fingerprint density at radius 3 is 2.47 bits per heavy atom. The van der Waals surface area contributed by atoms with Crippen molar-refractivity contribution in [1.82, 2.24) is 9.27 Å². The van der Waals surface area contributed by atoms with E-state index in [1.54, 1.807) is 6.07 Å². The molecule has 2 heterocycles. The number of fused-ring (bicyclic) bond motifs is 1. The van der Waals surface area contributed by atoms with E-state index in [0.29, 0.717) is 23.8 Å². The molecule has 0 radical (unpaired) electrons. The first-order chi connectivity index (χ1) is 8.24. The largest absolute Gasteiger partial charge is 0.383 e. The fourth-order valence-electron chi connectivity index (χ4n) is 2.02. The van der Waals surface area contributed by atoms with Crippen LogP contribution in [0.4, 0.5) is 5.82 Å². The molecule has 1 aromatic carbocycles. The van der Waals surface area contributed by atoms with Gasteiger partial charge in [0.15, 0.2) is 0 Å². The summed E-state index contributed by atoms with van der Waals surface area (Å²) in [7, 11) is 0. The maximum atomic E-state index is 12.2. The second-order valence-corrected chi connectivity index (χ2v) is 4.85. The molecule has 1 aliphatic rings. The number of benzene rings is 1. The van der Waals surface area contributed by atoms with Crippen LogP contribution in [-0.2, 0) is 13.1 Å². The molecule has 1 aromatic heterocycles. The lowest BCUT2D eigenvalue weighted by atomic mass is 10.1. The molecular weight excluding hydrogens is 234 g/mol. The van der Waals surface area contributed by atoms with Crippen LogP contribution in [0, 0.1) is 0 Å². The van der Waals surface area contributed by atoms with Crippen molar-refractivity contribution in [2.45, 2.75) is 13.1 Å². The van der Waals surface area contributed by atoms with E-state index in [1.165, 1.54) is 11.1 Å². The van der Waals surface area contributed by atoms with Crippen molar-refractivity contribution in [2.24, 2.45) is 0 Å². The van der Waals surface area contributed by atoms with Crippen LogP contribution < -0.4 is 5.73 Å². The zero-order valence-corrected chi connectivity index (χ0v) is 9.91. The van der Waals surface area contributed by atoms with Crippen molar-refractivity contribution in [3.8, 4) is 0 Å². The summed E-state index contributed by atoms with van der Waals surface area (Å²) in [5, 5.41) is 0. The van der Waals surface area contributed by atoms with E-state index in [9.17, 15) is 4.79 Å². The topological polar surface area (TPSA) is 59.2 Å². The number of carbonyl (C=O) groups is 1. The number of amides is 1. The Kier molecular flexibility index (Phi) is 2.33. The van der Waals surface area contributed by atoms with Crippen LogP contribution in [0.2, 0.25) is 0 Å². The van der Waals surface area contributed by atoms with Gasteiger partial charge in [0.2, 0.25) is 0 Å². The smallest absolute Gasteiger partial charge is 0.266 e. The van der Waals surface area contributed by atoms with Crippen molar-refractivity contribution < 1.29 is 4.79 Å². The minimum absolute atomic E-state index is 0.00963. The van der Waals surface area contributed by atoms with E-state index in [1.807, 2.05) is 17.0 Å². The fourth-order valence-corrected chi connectivity index (χ4v) is 2.66. The number of rotatable bonds is 1. The summed E-state index contributed by atoms with van der Waals surface area (Å²) in [4.78, 5) is 14.6. The molecule has 0 saturated carbocycles.